The van der Waals surface area contributed by atoms with Crippen molar-refractivity contribution < 1.29 is 4.79 Å². The van der Waals surface area contributed by atoms with Crippen molar-refractivity contribution in [1.82, 2.24) is 15.6 Å². The number of thiazole rings is 1. The largest absolute Gasteiger partial charge is 0.332 e. The minimum atomic E-state index is -0.238. The first-order valence-electron chi connectivity index (χ1n) is 6.54. The van der Waals surface area contributed by atoms with E-state index in [1.54, 1.807) is 23.5 Å². The summed E-state index contributed by atoms with van der Waals surface area (Å²) in [7, 11) is 0. The first-order valence-corrected chi connectivity index (χ1v) is 7.42. The van der Waals surface area contributed by atoms with Gasteiger partial charge in [-0.15, -0.1) is 11.3 Å². The minimum absolute atomic E-state index is 0.130. The van der Waals surface area contributed by atoms with E-state index in [1.807, 2.05) is 31.4 Å². The van der Waals surface area contributed by atoms with Gasteiger partial charge < -0.3 is 10.6 Å². The summed E-state index contributed by atoms with van der Waals surface area (Å²) in [6.07, 6.45) is 0. The molecule has 0 saturated heterocycles. The summed E-state index contributed by atoms with van der Waals surface area (Å²) >= 11 is 1.56. The number of benzene rings is 1. The number of nitrogens with one attached hydrogen (secondary N) is 2. The number of nitriles is 1. The van der Waals surface area contributed by atoms with Crippen LogP contribution < -0.4 is 10.6 Å². The van der Waals surface area contributed by atoms with Crippen LogP contribution in [-0.2, 0) is 6.54 Å². The Balaban J connectivity index is 1.85. The van der Waals surface area contributed by atoms with E-state index < -0.39 is 0 Å². The lowest BCUT2D eigenvalue weighted by Gasteiger charge is -2.14. The van der Waals surface area contributed by atoms with Crippen LogP contribution in [0.15, 0.2) is 29.6 Å². The summed E-state index contributed by atoms with van der Waals surface area (Å²) < 4.78 is 0. The van der Waals surface area contributed by atoms with Gasteiger partial charge in [0, 0.05) is 5.38 Å². The molecule has 21 heavy (non-hydrogen) atoms. The van der Waals surface area contributed by atoms with Gasteiger partial charge in [0.15, 0.2) is 0 Å². The fourth-order valence-corrected chi connectivity index (χ4v) is 2.45. The first-order chi connectivity index (χ1) is 10.1. The number of rotatable bonds is 4. The zero-order chi connectivity index (χ0) is 15.2. The summed E-state index contributed by atoms with van der Waals surface area (Å²) in [4.78, 5) is 16.1. The molecule has 0 fully saturated rings. The van der Waals surface area contributed by atoms with Crippen LogP contribution in [0.3, 0.4) is 0 Å². The molecule has 0 spiro atoms. The smallest absolute Gasteiger partial charge is 0.315 e. The molecule has 2 aromatic rings. The van der Waals surface area contributed by atoms with E-state index in [1.165, 1.54) is 0 Å². The van der Waals surface area contributed by atoms with Crippen LogP contribution >= 0.6 is 11.3 Å². The minimum Gasteiger partial charge on any atom is -0.332 e. The first kappa shape index (κ1) is 15.0. The quantitative estimate of drug-likeness (QED) is 0.911. The Morgan fingerprint density at radius 2 is 2.14 bits per heavy atom. The van der Waals surface area contributed by atoms with Gasteiger partial charge in [-0.1, -0.05) is 12.1 Å². The van der Waals surface area contributed by atoms with Gasteiger partial charge in [-0.25, -0.2) is 9.78 Å². The van der Waals surface area contributed by atoms with Crippen molar-refractivity contribution in [2.24, 2.45) is 0 Å². The second-order valence-corrected chi connectivity index (χ2v) is 5.70. The van der Waals surface area contributed by atoms with Crippen molar-refractivity contribution in [3.05, 3.63) is 51.5 Å². The van der Waals surface area contributed by atoms with Gasteiger partial charge in [-0.2, -0.15) is 5.26 Å². The molecule has 0 unspecified atom stereocenters. The number of nitrogens with zero attached hydrogens (tertiary/aromatic N) is 2. The van der Waals surface area contributed by atoms with Crippen molar-refractivity contribution in [3.63, 3.8) is 0 Å². The maximum atomic E-state index is 11.8. The number of aromatic nitrogens is 1. The fourth-order valence-electron chi connectivity index (χ4n) is 1.84. The standard InChI is InChI=1S/C15H16N4OS/c1-10(13-5-3-12(7-16)4-6-13)18-15(20)17-8-14-9-21-11(2)19-14/h3-6,9-10H,8H2,1-2H3,(H2,17,18,20)/t10-/m1/s1. The zero-order valence-electron chi connectivity index (χ0n) is 11.9. The van der Waals surface area contributed by atoms with Crippen LogP contribution in [0.25, 0.3) is 0 Å². The highest BCUT2D eigenvalue weighted by Gasteiger charge is 2.09. The van der Waals surface area contributed by atoms with Crippen molar-refractivity contribution in [3.8, 4) is 6.07 Å². The van der Waals surface area contributed by atoms with E-state index in [2.05, 4.69) is 21.7 Å². The van der Waals surface area contributed by atoms with E-state index >= 15 is 0 Å². The van der Waals surface area contributed by atoms with Gasteiger partial charge in [0.2, 0.25) is 0 Å². The van der Waals surface area contributed by atoms with E-state index in [0.717, 1.165) is 16.3 Å². The molecule has 0 aliphatic carbocycles. The van der Waals surface area contributed by atoms with Crippen LogP contribution in [0.4, 0.5) is 4.79 Å². The molecule has 0 bridgehead atoms. The van der Waals surface area contributed by atoms with Crippen LogP contribution in [0.1, 0.15) is 34.8 Å². The fraction of sp³-hybridized carbons (Fsp3) is 0.267. The normalized spacial score (nSPS) is 11.5. The number of aryl methyl sites for hydroxylation is 1. The Kier molecular flexibility index (Phi) is 4.90. The lowest BCUT2D eigenvalue weighted by molar-refractivity contribution is 0.237. The molecule has 0 aliphatic rings. The molecule has 0 saturated carbocycles. The van der Waals surface area contributed by atoms with E-state index in [0.29, 0.717) is 12.1 Å². The van der Waals surface area contributed by atoms with Gasteiger partial charge in [0.1, 0.15) is 0 Å². The molecule has 5 nitrogen and oxygen atoms in total. The highest BCUT2D eigenvalue weighted by atomic mass is 32.1. The molecule has 108 valence electrons. The van der Waals surface area contributed by atoms with Crippen molar-refractivity contribution in [2.75, 3.05) is 0 Å². The molecule has 2 amide bonds. The second-order valence-electron chi connectivity index (χ2n) is 4.64. The SMILES string of the molecule is Cc1nc(CNC(=O)N[C@H](C)c2ccc(C#N)cc2)cs1. The van der Waals surface area contributed by atoms with Crippen LogP contribution in [0.5, 0.6) is 0 Å². The molecule has 1 atom stereocenters. The molecule has 1 aromatic carbocycles. The van der Waals surface area contributed by atoms with E-state index in [-0.39, 0.29) is 12.1 Å². The van der Waals surface area contributed by atoms with Gasteiger partial charge in [0.05, 0.1) is 34.9 Å². The molecule has 1 heterocycles. The Morgan fingerprint density at radius 3 is 2.71 bits per heavy atom. The maximum absolute atomic E-state index is 11.8. The zero-order valence-corrected chi connectivity index (χ0v) is 12.7. The number of hydrogen-bond donors (Lipinski definition) is 2. The topological polar surface area (TPSA) is 77.8 Å². The summed E-state index contributed by atoms with van der Waals surface area (Å²) in [6, 6.07) is 8.86. The predicted molar refractivity (Wildman–Crippen MR) is 81.8 cm³/mol. The molecule has 6 heteroatoms. The lowest BCUT2D eigenvalue weighted by atomic mass is 10.1. The number of urea groups is 1. The third-order valence-electron chi connectivity index (χ3n) is 2.98. The second kappa shape index (κ2) is 6.86. The molecular weight excluding hydrogens is 284 g/mol. The lowest BCUT2D eigenvalue weighted by Crippen LogP contribution is -2.36. The number of carbonyl (C=O) groups is 1. The monoisotopic (exact) mass is 300 g/mol. The number of amides is 2. The molecule has 0 aliphatic heterocycles. The van der Waals surface area contributed by atoms with Gasteiger partial charge in [-0.3, -0.25) is 0 Å². The Hall–Kier alpha value is -2.39. The van der Waals surface area contributed by atoms with Crippen LogP contribution in [-0.4, -0.2) is 11.0 Å². The number of carbonyl (C=O) groups excluding carboxylic acids is 1. The van der Waals surface area contributed by atoms with Crippen molar-refractivity contribution >= 4 is 17.4 Å². The number of hydrogen-bond acceptors (Lipinski definition) is 4. The van der Waals surface area contributed by atoms with Gasteiger partial charge in [0.25, 0.3) is 0 Å². The Bertz CT molecular complexity index is 657. The molecule has 1 aromatic heterocycles. The highest BCUT2D eigenvalue weighted by molar-refractivity contribution is 7.09. The molecule has 0 radical (unpaired) electrons. The van der Waals surface area contributed by atoms with Crippen LogP contribution in [0.2, 0.25) is 0 Å². The van der Waals surface area contributed by atoms with Gasteiger partial charge >= 0.3 is 6.03 Å². The molecule has 2 rings (SSSR count). The highest BCUT2D eigenvalue weighted by Crippen LogP contribution is 2.13. The predicted octanol–water partition coefficient (Wildman–Crippen LogP) is 2.88. The summed E-state index contributed by atoms with van der Waals surface area (Å²) in [5.74, 6) is 0. The molecule has 2 N–H and O–H groups in total. The average Bonchev–Trinajstić information content (AvgIpc) is 2.91. The Labute approximate surface area is 127 Å². The van der Waals surface area contributed by atoms with E-state index in [9.17, 15) is 4.79 Å². The third-order valence-corrected chi connectivity index (χ3v) is 3.81. The van der Waals surface area contributed by atoms with E-state index in [4.69, 9.17) is 5.26 Å². The van der Waals surface area contributed by atoms with Crippen LogP contribution in [0, 0.1) is 18.3 Å². The molecular formula is C15H16N4OS. The summed E-state index contributed by atoms with van der Waals surface area (Å²) in [5.41, 5.74) is 2.42. The van der Waals surface area contributed by atoms with Crippen molar-refractivity contribution in [2.45, 2.75) is 26.4 Å². The third kappa shape index (κ3) is 4.29. The summed E-state index contributed by atoms with van der Waals surface area (Å²) in [6.45, 7) is 4.24. The van der Waals surface area contributed by atoms with Crippen molar-refractivity contribution in [1.29, 1.82) is 5.26 Å². The summed E-state index contributed by atoms with van der Waals surface area (Å²) in [5, 5.41) is 17.3. The van der Waals surface area contributed by atoms with Gasteiger partial charge in [-0.05, 0) is 31.5 Å². The Morgan fingerprint density at radius 1 is 1.43 bits per heavy atom. The average molecular weight is 300 g/mol. The maximum Gasteiger partial charge on any atom is 0.315 e.